The second-order valence-electron chi connectivity index (χ2n) is 2.80. The Balaban J connectivity index is 3.24. The van der Waals surface area contributed by atoms with Crippen LogP contribution in [-0.4, -0.2) is 13.0 Å². The van der Waals surface area contributed by atoms with Crippen LogP contribution in [0.25, 0.3) is 0 Å². The summed E-state index contributed by atoms with van der Waals surface area (Å²) in [5.74, 6) is -1.30. The molecule has 1 aromatic carbocycles. The number of amides is 1. The van der Waals surface area contributed by atoms with Crippen LogP contribution in [0.5, 0.6) is 5.75 Å². The number of hydrogen-bond acceptors (Lipinski definition) is 3. The van der Waals surface area contributed by atoms with E-state index in [0.29, 0.717) is 0 Å². The van der Waals surface area contributed by atoms with Gasteiger partial charge in [0.05, 0.1) is 18.4 Å². The van der Waals surface area contributed by atoms with Crippen molar-refractivity contribution in [3.63, 3.8) is 0 Å². The van der Waals surface area contributed by atoms with E-state index in [-0.39, 0.29) is 22.9 Å². The maximum absolute atomic E-state index is 13.6. The van der Waals surface area contributed by atoms with Crippen LogP contribution in [0.2, 0.25) is 0 Å². The number of nitriles is 1. The number of rotatable bonds is 2. The molecule has 0 fully saturated rings. The number of carbonyl (C=O) groups is 1. The largest absolute Gasteiger partial charge is 0.492 e. The molecule has 0 unspecified atom stereocenters. The van der Waals surface area contributed by atoms with Crippen LogP contribution in [0.1, 0.15) is 12.5 Å². The fourth-order valence-corrected chi connectivity index (χ4v) is 1.13. The smallest absolute Gasteiger partial charge is 0.221 e. The molecule has 1 N–H and O–H groups in total. The van der Waals surface area contributed by atoms with Gasteiger partial charge in [-0.25, -0.2) is 4.39 Å². The molecule has 1 aromatic rings. The minimum Gasteiger partial charge on any atom is -0.492 e. The quantitative estimate of drug-likeness (QED) is 0.803. The molecule has 4 nitrogen and oxygen atoms in total. The summed E-state index contributed by atoms with van der Waals surface area (Å²) >= 11 is 0. The van der Waals surface area contributed by atoms with Crippen LogP contribution in [0.15, 0.2) is 12.1 Å². The molecule has 5 heteroatoms. The van der Waals surface area contributed by atoms with Gasteiger partial charge >= 0.3 is 0 Å². The summed E-state index contributed by atoms with van der Waals surface area (Å²) in [6.45, 7) is 1.27. The summed E-state index contributed by atoms with van der Waals surface area (Å²) in [6, 6.07) is 4.49. The normalized spacial score (nSPS) is 9.20. The Morgan fingerprint density at radius 1 is 1.60 bits per heavy atom. The molecule has 1 amide bonds. The van der Waals surface area contributed by atoms with E-state index in [0.717, 1.165) is 0 Å². The third kappa shape index (κ3) is 2.23. The van der Waals surface area contributed by atoms with Crippen molar-refractivity contribution in [2.75, 3.05) is 12.4 Å². The first kappa shape index (κ1) is 11.0. The monoisotopic (exact) mass is 208 g/mol. The van der Waals surface area contributed by atoms with Gasteiger partial charge in [-0.3, -0.25) is 4.79 Å². The lowest BCUT2D eigenvalue weighted by atomic mass is 10.2. The summed E-state index contributed by atoms with van der Waals surface area (Å²) in [6.07, 6.45) is 0. The molecule has 0 heterocycles. The molecule has 0 saturated carbocycles. The summed E-state index contributed by atoms with van der Waals surface area (Å²) in [7, 11) is 1.26. The van der Waals surface area contributed by atoms with Gasteiger partial charge in [0.2, 0.25) is 5.91 Å². The third-order valence-corrected chi connectivity index (χ3v) is 1.73. The third-order valence-electron chi connectivity index (χ3n) is 1.73. The Bertz CT molecular complexity index is 438. The Morgan fingerprint density at radius 2 is 2.27 bits per heavy atom. The molecule has 0 aliphatic rings. The maximum Gasteiger partial charge on any atom is 0.221 e. The zero-order valence-electron chi connectivity index (χ0n) is 8.30. The number of nitrogens with zero attached hydrogens (tertiary/aromatic N) is 1. The molecule has 0 spiro atoms. The van der Waals surface area contributed by atoms with Gasteiger partial charge in [0, 0.05) is 6.92 Å². The fourth-order valence-electron chi connectivity index (χ4n) is 1.13. The Labute approximate surface area is 86.3 Å². The zero-order chi connectivity index (χ0) is 11.4. The van der Waals surface area contributed by atoms with E-state index in [4.69, 9.17) is 10.00 Å². The summed E-state index contributed by atoms with van der Waals surface area (Å²) in [5, 5.41) is 11.0. The van der Waals surface area contributed by atoms with Gasteiger partial charge in [-0.05, 0) is 12.1 Å². The van der Waals surface area contributed by atoms with E-state index in [1.165, 1.54) is 26.2 Å². The Kier molecular flexibility index (Phi) is 3.24. The minimum absolute atomic E-state index is 0.00153. The number of hydrogen-bond donors (Lipinski definition) is 1. The highest BCUT2D eigenvalue weighted by Crippen LogP contribution is 2.28. The van der Waals surface area contributed by atoms with Crippen LogP contribution in [0.4, 0.5) is 10.1 Å². The van der Waals surface area contributed by atoms with Crippen LogP contribution in [-0.2, 0) is 4.79 Å². The SMILES string of the molecule is COc1c(C#N)ccc(NC(C)=O)c1F. The van der Waals surface area contributed by atoms with E-state index < -0.39 is 5.82 Å². The lowest BCUT2D eigenvalue weighted by Gasteiger charge is -2.08. The predicted molar refractivity (Wildman–Crippen MR) is 52.0 cm³/mol. The number of methoxy groups -OCH3 is 1. The van der Waals surface area contributed by atoms with Gasteiger partial charge in [-0.15, -0.1) is 0 Å². The molecule has 0 saturated heterocycles. The topological polar surface area (TPSA) is 62.1 Å². The zero-order valence-corrected chi connectivity index (χ0v) is 8.30. The first-order chi connectivity index (χ1) is 7.10. The van der Waals surface area contributed by atoms with Gasteiger partial charge in [0.1, 0.15) is 6.07 Å². The van der Waals surface area contributed by atoms with Gasteiger partial charge in [-0.2, -0.15) is 5.26 Å². The average Bonchev–Trinajstić information content (AvgIpc) is 2.20. The van der Waals surface area contributed by atoms with E-state index >= 15 is 0 Å². The lowest BCUT2D eigenvalue weighted by molar-refractivity contribution is -0.114. The molecule has 0 aliphatic heterocycles. The van der Waals surface area contributed by atoms with Crippen molar-refractivity contribution in [3.8, 4) is 11.8 Å². The van der Waals surface area contributed by atoms with E-state index in [9.17, 15) is 9.18 Å². The lowest BCUT2D eigenvalue weighted by Crippen LogP contribution is -2.08. The Hall–Kier alpha value is -2.09. The number of carbonyl (C=O) groups excluding carboxylic acids is 1. The molecule has 1 rings (SSSR count). The predicted octanol–water partition coefficient (Wildman–Crippen LogP) is 1.66. The first-order valence-electron chi connectivity index (χ1n) is 4.14. The average molecular weight is 208 g/mol. The molecule has 0 radical (unpaired) electrons. The van der Waals surface area contributed by atoms with Crippen molar-refractivity contribution in [3.05, 3.63) is 23.5 Å². The van der Waals surface area contributed by atoms with Crippen LogP contribution in [0, 0.1) is 17.1 Å². The van der Waals surface area contributed by atoms with Crippen LogP contribution < -0.4 is 10.1 Å². The molecule has 15 heavy (non-hydrogen) atoms. The van der Waals surface area contributed by atoms with Crippen LogP contribution >= 0.6 is 0 Å². The number of nitrogens with one attached hydrogen (secondary N) is 1. The number of ether oxygens (including phenoxy) is 1. The van der Waals surface area contributed by atoms with Gasteiger partial charge in [0.15, 0.2) is 11.6 Å². The highest BCUT2D eigenvalue weighted by molar-refractivity contribution is 5.89. The molecule has 0 bridgehead atoms. The highest BCUT2D eigenvalue weighted by Gasteiger charge is 2.14. The van der Waals surface area contributed by atoms with Crippen molar-refractivity contribution in [2.45, 2.75) is 6.92 Å². The summed E-state index contributed by atoms with van der Waals surface area (Å²) < 4.78 is 18.3. The Morgan fingerprint density at radius 3 is 2.73 bits per heavy atom. The van der Waals surface area contributed by atoms with E-state index in [2.05, 4.69) is 5.32 Å². The van der Waals surface area contributed by atoms with Crippen molar-refractivity contribution in [1.29, 1.82) is 5.26 Å². The second kappa shape index (κ2) is 4.42. The summed E-state index contributed by atoms with van der Waals surface area (Å²) in [4.78, 5) is 10.7. The molecular formula is C10H9FN2O2. The number of halogens is 1. The first-order valence-corrected chi connectivity index (χ1v) is 4.14. The molecule has 78 valence electrons. The minimum atomic E-state index is -0.744. The molecular weight excluding hydrogens is 199 g/mol. The second-order valence-corrected chi connectivity index (χ2v) is 2.80. The molecule has 0 aliphatic carbocycles. The highest BCUT2D eigenvalue weighted by atomic mass is 19.1. The van der Waals surface area contributed by atoms with Crippen molar-refractivity contribution >= 4 is 11.6 Å². The summed E-state index contributed by atoms with van der Waals surface area (Å²) in [5.41, 5.74) is 0.0856. The van der Waals surface area contributed by atoms with Crippen molar-refractivity contribution in [2.24, 2.45) is 0 Å². The van der Waals surface area contributed by atoms with Crippen LogP contribution in [0.3, 0.4) is 0 Å². The number of anilines is 1. The van der Waals surface area contributed by atoms with E-state index in [1.54, 1.807) is 6.07 Å². The van der Waals surface area contributed by atoms with Crippen molar-refractivity contribution < 1.29 is 13.9 Å². The number of benzene rings is 1. The van der Waals surface area contributed by atoms with Gasteiger partial charge < -0.3 is 10.1 Å². The maximum atomic E-state index is 13.6. The van der Waals surface area contributed by atoms with Gasteiger partial charge in [-0.1, -0.05) is 0 Å². The molecule has 0 atom stereocenters. The standard InChI is InChI=1S/C10H9FN2O2/c1-6(14)13-8-4-3-7(5-12)10(15-2)9(8)11/h3-4H,1-2H3,(H,13,14). The van der Waals surface area contributed by atoms with E-state index in [1.807, 2.05) is 0 Å². The fraction of sp³-hybridized carbons (Fsp3) is 0.200. The van der Waals surface area contributed by atoms with Gasteiger partial charge in [0.25, 0.3) is 0 Å². The molecule has 0 aromatic heterocycles. The van der Waals surface area contributed by atoms with Crippen molar-refractivity contribution in [1.82, 2.24) is 0 Å².